The fraction of sp³-hybridized carbons (Fsp3) is 0.500. The monoisotopic (exact) mass is 470 g/mol. The number of amides is 1. The van der Waals surface area contributed by atoms with Gasteiger partial charge in [-0.05, 0) is 25.0 Å². The van der Waals surface area contributed by atoms with Crippen LogP contribution < -0.4 is 4.90 Å². The maximum Gasteiger partial charge on any atom is 0.231 e. The summed E-state index contributed by atoms with van der Waals surface area (Å²) in [5.41, 5.74) is 0.780. The summed E-state index contributed by atoms with van der Waals surface area (Å²) < 4.78 is 0. The number of nitrogens with zero attached hydrogens (tertiary/aromatic N) is 4. The lowest BCUT2D eigenvalue weighted by Crippen LogP contribution is -2.50. The second-order valence-electron chi connectivity index (χ2n) is 8.92. The van der Waals surface area contributed by atoms with Crippen LogP contribution in [0.1, 0.15) is 42.5 Å². The van der Waals surface area contributed by atoms with Crippen molar-refractivity contribution in [2.45, 2.75) is 32.1 Å². The summed E-state index contributed by atoms with van der Waals surface area (Å²) in [6.07, 6.45) is 7.29. The van der Waals surface area contributed by atoms with E-state index in [0.29, 0.717) is 13.1 Å². The smallest absolute Gasteiger partial charge is 0.231 e. The Morgan fingerprint density at radius 1 is 0.879 bits per heavy atom. The fourth-order valence-electron chi connectivity index (χ4n) is 4.75. The minimum atomic E-state index is 0. The molecule has 0 bridgehead atoms. The average Bonchev–Trinajstić information content (AvgIpc) is 2.87. The first kappa shape index (κ1) is 25.3. The zero-order valence-corrected chi connectivity index (χ0v) is 20.1. The largest absolute Gasteiger partial charge is 0.299 e. The van der Waals surface area contributed by atoms with E-state index >= 15 is 0 Å². The standard InChI is InChI=1S/C26H34N4O2.ClH/c31-24(22-9-3-1-4-10-22)21-29-17-15-28(16-18-29)19-20-30(25-13-7-8-14-27-25)26(32)23-11-5-2-6-12-23;/h1,3-4,7-10,13-14,23H,2,5-6,11-12,15-21H2;1H. The number of benzene rings is 1. The Kier molecular flexibility index (Phi) is 9.85. The molecule has 1 amide bonds. The van der Waals surface area contributed by atoms with Crippen LogP contribution in [-0.4, -0.2) is 72.3 Å². The molecule has 4 rings (SSSR count). The number of hydrogen-bond acceptors (Lipinski definition) is 5. The summed E-state index contributed by atoms with van der Waals surface area (Å²) in [4.78, 5) is 36.8. The quantitative estimate of drug-likeness (QED) is 0.547. The van der Waals surface area contributed by atoms with Crippen molar-refractivity contribution in [3.8, 4) is 0 Å². The van der Waals surface area contributed by atoms with Gasteiger partial charge in [-0.2, -0.15) is 0 Å². The van der Waals surface area contributed by atoms with Crippen LogP contribution in [0.15, 0.2) is 54.7 Å². The molecule has 0 radical (unpaired) electrons. The van der Waals surface area contributed by atoms with Gasteiger partial charge in [-0.25, -0.2) is 4.98 Å². The highest BCUT2D eigenvalue weighted by Crippen LogP contribution is 2.27. The second-order valence-corrected chi connectivity index (χ2v) is 8.92. The Morgan fingerprint density at radius 3 is 2.21 bits per heavy atom. The van der Waals surface area contributed by atoms with Gasteiger partial charge < -0.3 is 0 Å². The Balaban J connectivity index is 0.00000306. The summed E-state index contributed by atoms with van der Waals surface area (Å²) in [5.74, 6) is 1.30. The number of rotatable bonds is 8. The van der Waals surface area contributed by atoms with Gasteiger partial charge in [0.1, 0.15) is 5.82 Å². The van der Waals surface area contributed by atoms with Crippen LogP contribution in [0, 0.1) is 5.92 Å². The van der Waals surface area contributed by atoms with Crippen molar-refractivity contribution in [2.24, 2.45) is 5.92 Å². The maximum atomic E-state index is 13.3. The Bertz CT molecular complexity index is 866. The molecule has 7 heteroatoms. The molecule has 0 N–H and O–H groups in total. The van der Waals surface area contributed by atoms with E-state index in [-0.39, 0.29) is 30.0 Å². The fourth-order valence-corrected chi connectivity index (χ4v) is 4.75. The van der Waals surface area contributed by atoms with Gasteiger partial charge in [0.25, 0.3) is 0 Å². The summed E-state index contributed by atoms with van der Waals surface area (Å²) in [7, 11) is 0. The normalized spacial score (nSPS) is 17.8. The van der Waals surface area contributed by atoms with E-state index in [1.165, 1.54) is 6.42 Å². The van der Waals surface area contributed by atoms with Crippen molar-refractivity contribution in [1.82, 2.24) is 14.8 Å². The number of carbonyl (C=O) groups is 2. The van der Waals surface area contributed by atoms with E-state index in [9.17, 15) is 9.59 Å². The highest BCUT2D eigenvalue weighted by atomic mass is 35.5. The SMILES string of the molecule is Cl.O=C(CN1CCN(CCN(C(=O)C2CCCCC2)c2ccccn2)CC1)c1ccccc1. The molecule has 0 atom stereocenters. The lowest BCUT2D eigenvalue weighted by Gasteiger charge is -2.36. The Morgan fingerprint density at radius 2 is 1.55 bits per heavy atom. The van der Waals surface area contributed by atoms with Crippen molar-refractivity contribution in [2.75, 3.05) is 50.7 Å². The molecular weight excluding hydrogens is 436 g/mol. The van der Waals surface area contributed by atoms with E-state index in [1.54, 1.807) is 6.20 Å². The number of Topliss-reactive ketones (excluding diaryl/α,β-unsaturated/α-hetero) is 1. The number of anilines is 1. The van der Waals surface area contributed by atoms with Crippen molar-refractivity contribution >= 4 is 29.9 Å². The molecule has 1 aliphatic heterocycles. The summed E-state index contributed by atoms with van der Waals surface area (Å²) in [5, 5.41) is 0. The number of halogens is 1. The maximum absolute atomic E-state index is 13.3. The number of piperazine rings is 1. The molecule has 0 spiro atoms. The summed E-state index contributed by atoms with van der Waals surface area (Å²) in [6.45, 7) is 5.53. The van der Waals surface area contributed by atoms with Crippen LogP contribution in [0.2, 0.25) is 0 Å². The highest BCUT2D eigenvalue weighted by molar-refractivity contribution is 5.97. The third-order valence-electron chi connectivity index (χ3n) is 6.71. The van der Waals surface area contributed by atoms with Crippen LogP contribution in [0.3, 0.4) is 0 Å². The molecule has 178 valence electrons. The van der Waals surface area contributed by atoms with Gasteiger partial charge in [0.05, 0.1) is 6.54 Å². The Hall–Kier alpha value is -2.28. The molecule has 1 saturated heterocycles. The van der Waals surface area contributed by atoms with Crippen molar-refractivity contribution < 1.29 is 9.59 Å². The number of aromatic nitrogens is 1. The number of carbonyl (C=O) groups excluding carboxylic acids is 2. The highest BCUT2D eigenvalue weighted by Gasteiger charge is 2.28. The lowest BCUT2D eigenvalue weighted by molar-refractivity contribution is -0.123. The van der Waals surface area contributed by atoms with Gasteiger partial charge in [0.2, 0.25) is 5.91 Å². The van der Waals surface area contributed by atoms with Crippen molar-refractivity contribution in [3.05, 3.63) is 60.3 Å². The van der Waals surface area contributed by atoms with Gasteiger partial charge in [0, 0.05) is 56.9 Å². The minimum absolute atomic E-state index is 0. The van der Waals surface area contributed by atoms with E-state index in [4.69, 9.17) is 0 Å². The molecule has 6 nitrogen and oxygen atoms in total. The van der Waals surface area contributed by atoms with Crippen molar-refractivity contribution in [1.29, 1.82) is 0 Å². The predicted octanol–water partition coefficient (Wildman–Crippen LogP) is 3.92. The zero-order valence-electron chi connectivity index (χ0n) is 19.3. The van der Waals surface area contributed by atoms with E-state index in [2.05, 4.69) is 14.8 Å². The number of ketones is 1. The van der Waals surface area contributed by atoms with Crippen LogP contribution in [-0.2, 0) is 4.79 Å². The van der Waals surface area contributed by atoms with E-state index in [0.717, 1.165) is 69.8 Å². The molecule has 33 heavy (non-hydrogen) atoms. The summed E-state index contributed by atoms with van der Waals surface area (Å²) in [6, 6.07) is 15.3. The second kappa shape index (κ2) is 12.8. The van der Waals surface area contributed by atoms with Crippen LogP contribution in [0.25, 0.3) is 0 Å². The van der Waals surface area contributed by atoms with Crippen molar-refractivity contribution in [3.63, 3.8) is 0 Å². The predicted molar refractivity (Wildman–Crippen MR) is 134 cm³/mol. The number of hydrogen-bond donors (Lipinski definition) is 0. The molecule has 1 aromatic carbocycles. The first-order valence-corrected chi connectivity index (χ1v) is 12.0. The molecule has 0 unspecified atom stereocenters. The molecule has 1 saturated carbocycles. The van der Waals surface area contributed by atoms with Crippen LogP contribution >= 0.6 is 12.4 Å². The van der Waals surface area contributed by atoms with E-state index in [1.807, 2.05) is 53.4 Å². The van der Waals surface area contributed by atoms with Gasteiger partial charge in [-0.3, -0.25) is 24.3 Å². The third-order valence-corrected chi connectivity index (χ3v) is 6.71. The topological polar surface area (TPSA) is 56.8 Å². The first-order chi connectivity index (χ1) is 15.7. The van der Waals surface area contributed by atoms with Crippen LogP contribution in [0.4, 0.5) is 5.82 Å². The van der Waals surface area contributed by atoms with Crippen LogP contribution in [0.5, 0.6) is 0 Å². The molecule has 1 aliphatic carbocycles. The minimum Gasteiger partial charge on any atom is -0.299 e. The number of pyridine rings is 1. The average molecular weight is 471 g/mol. The first-order valence-electron chi connectivity index (χ1n) is 12.0. The van der Waals surface area contributed by atoms with E-state index < -0.39 is 0 Å². The van der Waals surface area contributed by atoms with Gasteiger partial charge in [-0.15, -0.1) is 12.4 Å². The molecule has 2 aliphatic rings. The molecule has 2 fully saturated rings. The van der Waals surface area contributed by atoms with Gasteiger partial charge >= 0.3 is 0 Å². The zero-order chi connectivity index (χ0) is 22.2. The molecule has 2 heterocycles. The third kappa shape index (κ3) is 7.10. The lowest BCUT2D eigenvalue weighted by atomic mass is 9.88. The van der Waals surface area contributed by atoms with Gasteiger partial charge in [0.15, 0.2) is 5.78 Å². The Labute approximate surface area is 203 Å². The van der Waals surface area contributed by atoms with Gasteiger partial charge in [-0.1, -0.05) is 55.7 Å². The molecule has 2 aromatic rings. The molecular formula is C26H35ClN4O2. The summed E-state index contributed by atoms with van der Waals surface area (Å²) >= 11 is 0. The molecule has 1 aromatic heterocycles.